The molecule has 0 unspecified atom stereocenters. The van der Waals surface area contributed by atoms with Crippen molar-refractivity contribution in [1.29, 1.82) is 0 Å². The molecule has 1 heterocycles. The average Bonchev–Trinajstić information content (AvgIpc) is 2.53. The summed E-state index contributed by atoms with van der Waals surface area (Å²) in [6.45, 7) is 2.88. The van der Waals surface area contributed by atoms with Crippen LogP contribution in [0.25, 0.3) is 0 Å². The fourth-order valence-corrected chi connectivity index (χ4v) is 4.05. The summed E-state index contributed by atoms with van der Waals surface area (Å²) in [6.07, 6.45) is -0.433. The van der Waals surface area contributed by atoms with Crippen molar-refractivity contribution in [3.63, 3.8) is 0 Å². The summed E-state index contributed by atoms with van der Waals surface area (Å²) in [5.74, 6) is 0.618. The van der Waals surface area contributed by atoms with Crippen molar-refractivity contribution < 1.29 is 22.7 Å². The molecule has 1 saturated heterocycles. The van der Waals surface area contributed by atoms with Crippen molar-refractivity contribution in [2.24, 2.45) is 0 Å². The van der Waals surface area contributed by atoms with E-state index in [0.29, 0.717) is 24.4 Å². The first-order chi connectivity index (χ1) is 10.4. The van der Waals surface area contributed by atoms with Gasteiger partial charge in [0.25, 0.3) is 0 Å². The maximum atomic E-state index is 12.7. The lowest BCUT2D eigenvalue weighted by Crippen LogP contribution is -2.50. The first-order valence-corrected chi connectivity index (χ1v) is 8.32. The number of amides is 1. The predicted octanol–water partition coefficient (Wildman–Crippen LogP) is 1.08. The minimum absolute atomic E-state index is 0.253. The van der Waals surface area contributed by atoms with Crippen LogP contribution < -0.4 is 4.74 Å². The lowest BCUT2D eigenvalue weighted by molar-refractivity contribution is 0.108. The fraction of sp³-hybridized carbons (Fsp3) is 0.500. The summed E-state index contributed by atoms with van der Waals surface area (Å²) < 4.78 is 36.5. The van der Waals surface area contributed by atoms with Crippen LogP contribution in [-0.2, 0) is 14.8 Å². The monoisotopic (exact) mass is 328 g/mol. The highest BCUT2D eigenvalue weighted by atomic mass is 32.2. The molecule has 0 spiro atoms. The van der Waals surface area contributed by atoms with E-state index in [9.17, 15) is 13.2 Å². The molecule has 0 bridgehead atoms. The summed E-state index contributed by atoms with van der Waals surface area (Å²) in [5, 5.41) is 0. The number of sulfonamides is 1. The van der Waals surface area contributed by atoms with Crippen molar-refractivity contribution in [3.8, 4) is 5.75 Å². The lowest BCUT2D eigenvalue weighted by Gasteiger charge is -2.33. The van der Waals surface area contributed by atoms with Crippen LogP contribution in [0.1, 0.15) is 5.56 Å². The molecule has 0 N–H and O–H groups in total. The number of hydrogen-bond acceptors (Lipinski definition) is 5. The van der Waals surface area contributed by atoms with Gasteiger partial charge in [0.05, 0.1) is 19.1 Å². The van der Waals surface area contributed by atoms with E-state index >= 15 is 0 Å². The van der Waals surface area contributed by atoms with Gasteiger partial charge < -0.3 is 14.4 Å². The zero-order valence-electron chi connectivity index (χ0n) is 12.9. The van der Waals surface area contributed by atoms with Gasteiger partial charge in [0.1, 0.15) is 5.75 Å². The molecule has 0 saturated carbocycles. The van der Waals surface area contributed by atoms with Gasteiger partial charge in [-0.25, -0.2) is 13.2 Å². The molecule has 22 heavy (non-hydrogen) atoms. The summed E-state index contributed by atoms with van der Waals surface area (Å²) in [4.78, 5) is 13.2. The van der Waals surface area contributed by atoms with Gasteiger partial charge in [-0.05, 0) is 30.7 Å². The zero-order chi connectivity index (χ0) is 16.3. The fourth-order valence-electron chi connectivity index (χ4n) is 2.42. The highest BCUT2D eigenvalue weighted by Gasteiger charge is 2.31. The Morgan fingerprint density at radius 2 is 1.77 bits per heavy atom. The van der Waals surface area contributed by atoms with Crippen molar-refractivity contribution >= 4 is 16.1 Å². The number of methoxy groups -OCH3 is 2. The second-order valence-corrected chi connectivity index (χ2v) is 6.90. The second kappa shape index (κ2) is 6.53. The molecule has 0 atom stereocenters. The first-order valence-electron chi connectivity index (χ1n) is 6.88. The number of hydrogen-bond donors (Lipinski definition) is 0. The highest BCUT2D eigenvalue weighted by molar-refractivity contribution is 7.89. The van der Waals surface area contributed by atoms with E-state index in [1.54, 1.807) is 25.1 Å². The zero-order valence-corrected chi connectivity index (χ0v) is 13.7. The number of nitrogens with zero attached hydrogens (tertiary/aromatic N) is 2. The molecule has 2 rings (SSSR count). The number of rotatable bonds is 3. The van der Waals surface area contributed by atoms with Gasteiger partial charge in [-0.3, -0.25) is 0 Å². The van der Waals surface area contributed by atoms with Crippen LogP contribution in [0.15, 0.2) is 23.1 Å². The summed E-state index contributed by atoms with van der Waals surface area (Å²) in [6, 6.07) is 4.87. The third kappa shape index (κ3) is 3.17. The summed E-state index contributed by atoms with van der Waals surface area (Å²) >= 11 is 0. The Morgan fingerprint density at radius 3 is 2.27 bits per heavy atom. The van der Waals surface area contributed by atoms with Crippen LogP contribution in [0.4, 0.5) is 4.79 Å². The maximum Gasteiger partial charge on any atom is 0.409 e. The SMILES string of the molecule is COC(=O)N1CCN(S(=O)(=O)c2ccc(OC)cc2C)CC1. The van der Waals surface area contributed by atoms with Gasteiger partial charge in [-0.2, -0.15) is 4.31 Å². The molecule has 1 amide bonds. The second-order valence-electron chi connectivity index (χ2n) is 4.99. The minimum Gasteiger partial charge on any atom is -0.497 e. The third-order valence-corrected chi connectivity index (χ3v) is 5.73. The van der Waals surface area contributed by atoms with Crippen LogP contribution in [0.5, 0.6) is 5.75 Å². The normalized spacial score (nSPS) is 16.4. The van der Waals surface area contributed by atoms with Crippen molar-refractivity contribution in [2.75, 3.05) is 40.4 Å². The molecule has 0 aliphatic carbocycles. The van der Waals surface area contributed by atoms with Crippen LogP contribution in [0, 0.1) is 6.92 Å². The molecular weight excluding hydrogens is 308 g/mol. The molecule has 1 aromatic rings. The van der Waals surface area contributed by atoms with E-state index in [4.69, 9.17) is 4.74 Å². The molecule has 1 aliphatic rings. The van der Waals surface area contributed by atoms with Gasteiger partial charge in [0.15, 0.2) is 0 Å². The smallest absolute Gasteiger partial charge is 0.409 e. The van der Waals surface area contributed by atoms with E-state index < -0.39 is 16.1 Å². The molecule has 1 aromatic carbocycles. The van der Waals surface area contributed by atoms with Crippen LogP contribution in [0.2, 0.25) is 0 Å². The van der Waals surface area contributed by atoms with Crippen molar-refractivity contribution in [1.82, 2.24) is 9.21 Å². The van der Waals surface area contributed by atoms with Crippen LogP contribution in [0.3, 0.4) is 0 Å². The molecule has 8 heteroatoms. The molecule has 122 valence electrons. The van der Waals surface area contributed by atoms with E-state index in [1.807, 2.05) is 0 Å². The molecule has 0 aromatic heterocycles. The van der Waals surface area contributed by atoms with Gasteiger partial charge in [0, 0.05) is 26.2 Å². The Bertz CT molecular complexity index is 651. The Kier molecular flexibility index (Phi) is 4.92. The standard InChI is InChI=1S/C14H20N2O5S/c1-11-10-12(20-2)4-5-13(11)22(18,19)16-8-6-15(7-9-16)14(17)21-3/h4-5,10H,6-9H2,1-3H3. The van der Waals surface area contributed by atoms with Crippen LogP contribution in [-0.4, -0.2) is 64.1 Å². The summed E-state index contributed by atoms with van der Waals surface area (Å²) in [7, 11) is -0.726. The number of ether oxygens (including phenoxy) is 2. The number of aryl methyl sites for hydroxylation is 1. The molecular formula is C14H20N2O5S. The van der Waals surface area contributed by atoms with Crippen molar-refractivity contribution in [3.05, 3.63) is 23.8 Å². The topological polar surface area (TPSA) is 76.2 Å². The number of carbonyl (C=O) groups excluding carboxylic acids is 1. The third-order valence-electron chi connectivity index (χ3n) is 3.67. The Balaban J connectivity index is 2.17. The van der Waals surface area contributed by atoms with E-state index in [1.165, 1.54) is 23.4 Å². The predicted molar refractivity (Wildman–Crippen MR) is 80.5 cm³/mol. The summed E-state index contributed by atoms with van der Waals surface area (Å²) in [5.41, 5.74) is 0.634. The van der Waals surface area contributed by atoms with Crippen LogP contribution >= 0.6 is 0 Å². The average molecular weight is 328 g/mol. The van der Waals surface area contributed by atoms with Gasteiger partial charge in [0.2, 0.25) is 10.0 Å². The van der Waals surface area contributed by atoms with E-state index in [0.717, 1.165) is 0 Å². The number of piperazine rings is 1. The number of carbonyl (C=O) groups is 1. The Hall–Kier alpha value is -1.80. The molecule has 1 fully saturated rings. The molecule has 0 radical (unpaired) electrons. The first kappa shape index (κ1) is 16.6. The van der Waals surface area contributed by atoms with Gasteiger partial charge in [-0.15, -0.1) is 0 Å². The van der Waals surface area contributed by atoms with E-state index in [2.05, 4.69) is 4.74 Å². The largest absolute Gasteiger partial charge is 0.497 e. The highest BCUT2D eigenvalue weighted by Crippen LogP contribution is 2.24. The van der Waals surface area contributed by atoms with Gasteiger partial charge in [-0.1, -0.05) is 0 Å². The van der Waals surface area contributed by atoms with Crippen molar-refractivity contribution in [2.45, 2.75) is 11.8 Å². The maximum absolute atomic E-state index is 12.7. The minimum atomic E-state index is -3.57. The van der Waals surface area contributed by atoms with E-state index in [-0.39, 0.29) is 18.0 Å². The molecule has 7 nitrogen and oxygen atoms in total. The Morgan fingerprint density at radius 1 is 1.14 bits per heavy atom. The number of benzene rings is 1. The quantitative estimate of drug-likeness (QED) is 0.830. The Labute approximate surface area is 130 Å². The lowest BCUT2D eigenvalue weighted by atomic mass is 10.2. The molecule has 1 aliphatic heterocycles. The van der Waals surface area contributed by atoms with Gasteiger partial charge >= 0.3 is 6.09 Å².